The summed E-state index contributed by atoms with van der Waals surface area (Å²) >= 11 is 0. The Bertz CT molecular complexity index is 458. The minimum atomic E-state index is -0.856. The van der Waals surface area contributed by atoms with E-state index in [2.05, 4.69) is 6.07 Å². The molecule has 3 aliphatic rings. The van der Waals surface area contributed by atoms with E-state index in [1.54, 1.807) is 0 Å². The van der Waals surface area contributed by atoms with E-state index in [1.807, 2.05) is 0 Å². The Morgan fingerprint density at radius 3 is 1.76 bits per heavy atom. The molecular weight excluding hydrogens is 264 g/mol. The van der Waals surface area contributed by atoms with Gasteiger partial charge in [-0.15, -0.1) is 0 Å². The number of carbonyl (C=O) groups excluding carboxylic acids is 2. The van der Waals surface area contributed by atoms with E-state index in [1.165, 1.54) is 4.90 Å². The van der Waals surface area contributed by atoms with E-state index >= 15 is 0 Å². The SMILES string of the molecule is N#CC1(N2C(=O)CC3(CCCC3)CC2=O)CCCCCC1. The van der Waals surface area contributed by atoms with Crippen molar-refractivity contribution in [2.24, 2.45) is 5.41 Å². The number of piperidine rings is 1. The molecule has 0 aromatic carbocycles. The maximum Gasteiger partial charge on any atom is 0.231 e. The number of imide groups is 1. The first-order valence-electron chi connectivity index (χ1n) is 8.38. The highest BCUT2D eigenvalue weighted by molar-refractivity contribution is 6.00. The lowest BCUT2D eigenvalue weighted by molar-refractivity contribution is -0.159. The largest absolute Gasteiger partial charge is 0.274 e. The summed E-state index contributed by atoms with van der Waals surface area (Å²) in [5.74, 6) is -0.173. The lowest BCUT2D eigenvalue weighted by Gasteiger charge is -2.44. The van der Waals surface area contributed by atoms with Crippen molar-refractivity contribution < 1.29 is 9.59 Å². The molecule has 21 heavy (non-hydrogen) atoms. The second-order valence-corrected chi connectivity index (χ2v) is 7.24. The van der Waals surface area contributed by atoms with Crippen LogP contribution >= 0.6 is 0 Å². The van der Waals surface area contributed by atoms with Gasteiger partial charge in [0.15, 0.2) is 0 Å². The molecule has 3 rings (SSSR count). The molecule has 0 radical (unpaired) electrons. The normalized spacial score (nSPS) is 28.4. The fourth-order valence-electron chi connectivity index (χ4n) is 4.66. The number of carbonyl (C=O) groups is 2. The van der Waals surface area contributed by atoms with Crippen LogP contribution in [0.3, 0.4) is 0 Å². The zero-order valence-electron chi connectivity index (χ0n) is 12.7. The lowest BCUT2D eigenvalue weighted by Crippen LogP contribution is -2.58. The summed E-state index contributed by atoms with van der Waals surface area (Å²) in [6.07, 6.45) is 10.6. The highest BCUT2D eigenvalue weighted by Gasteiger charge is 2.52. The molecule has 1 saturated heterocycles. The summed E-state index contributed by atoms with van der Waals surface area (Å²) in [4.78, 5) is 26.8. The van der Waals surface area contributed by atoms with Crippen molar-refractivity contribution in [1.82, 2.24) is 4.90 Å². The third-order valence-corrected chi connectivity index (χ3v) is 5.78. The van der Waals surface area contributed by atoms with Crippen molar-refractivity contribution in [1.29, 1.82) is 5.26 Å². The van der Waals surface area contributed by atoms with Gasteiger partial charge in [-0.25, -0.2) is 0 Å². The smallest absolute Gasteiger partial charge is 0.231 e. The van der Waals surface area contributed by atoms with E-state index in [0.29, 0.717) is 25.7 Å². The Labute approximate surface area is 126 Å². The number of nitrogens with zero attached hydrogens (tertiary/aromatic N) is 2. The fourth-order valence-corrected chi connectivity index (χ4v) is 4.66. The Morgan fingerprint density at radius 1 is 0.810 bits per heavy atom. The molecular formula is C17H24N2O2. The molecule has 1 aliphatic heterocycles. The van der Waals surface area contributed by atoms with Gasteiger partial charge in [-0.05, 0) is 31.1 Å². The van der Waals surface area contributed by atoms with E-state index < -0.39 is 5.54 Å². The predicted molar refractivity (Wildman–Crippen MR) is 78.0 cm³/mol. The fraction of sp³-hybridized carbons (Fsp3) is 0.824. The van der Waals surface area contributed by atoms with Gasteiger partial charge in [0.1, 0.15) is 5.54 Å². The summed E-state index contributed by atoms with van der Waals surface area (Å²) in [7, 11) is 0. The van der Waals surface area contributed by atoms with Crippen LogP contribution < -0.4 is 0 Å². The molecule has 2 saturated carbocycles. The van der Waals surface area contributed by atoms with Crippen molar-refractivity contribution in [2.75, 3.05) is 0 Å². The Morgan fingerprint density at radius 2 is 1.29 bits per heavy atom. The summed E-state index contributed by atoms with van der Waals surface area (Å²) in [5, 5.41) is 9.72. The summed E-state index contributed by atoms with van der Waals surface area (Å²) < 4.78 is 0. The molecule has 1 spiro atoms. The average Bonchev–Trinajstić information content (AvgIpc) is 2.74. The van der Waals surface area contributed by atoms with Gasteiger partial charge in [0.25, 0.3) is 0 Å². The van der Waals surface area contributed by atoms with E-state index in [4.69, 9.17) is 0 Å². The van der Waals surface area contributed by atoms with Crippen LogP contribution in [0.15, 0.2) is 0 Å². The number of hydrogen-bond donors (Lipinski definition) is 0. The molecule has 0 aromatic rings. The van der Waals surface area contributed by atoms with Crippen LogP contribution in [-0.2, 0) is 9.59 Å². The quantitative estimate of drug-likeness (QED) is 0.549. The molecule has 4 heteroatoms. The van der Waals surface area contributed by atoms with Crippen LogP contribution in [-0.4, -0.2) is 22.3 Å². The third kappa shape index (κ3) is 2.47. The standard InChI is InChI=1S/C17H24N2O2/c18-13-17(9-3-1-2-4-10-17)19-14(20)11-16(12-15(19)21)7-5-6-8-16/h1-12H2. The second-order valence-electron chi connectivity index (χ2n) is 7.24. The maximum atomic E-state index is 12.7. The number of hydrogen-bond acceptors (Lipinski definition) is 3. The minimum absolute atomic E-state index is 0.0773. The van der Waals surface area contributed by atoms with Crippen LogP contribution in [0.5, 0.6) is 0 Å². The second kappa shape index (κ2) is 5.44. The Hall–Kier alpha value is -1.37. The Balaban J connectivity index is 1.86. The van der Waals surface area contributed by atoms with Gasteiger partial charge in [0.05, 0.1) is 6.07 Å². The number of likely N-dealkylation sites (tertiary alicyclic amines) is 1. The molecule has 114 valence electrons. The van der Waals surface area contributed by atoms with Gasteiger partial charge in [0, 0.05) is 12.8 Å². The number of nitriles is 1. The molecule has 0 atom stereocenters. The van der Waals surface area contributed by atoms with Gasteiger partial charge >= 0.3 is 0 Å². The molecule has 2 aliphatic carbocycles. The van der Waals surface area contributed by atoms with Crippen molar-refractivity contribution in [3.8, 4) is 6.07 Å². The topological polar surface area (TPSA) is 61.2 Å². The van der Waals surface area contributed by atoms with Crippen LogP contribution in [0.1, 0.15) is 77.0 Å². The summed E-state index contributed by atoms with van der Waals surface area (Å²) in [6, 6.07) is 2.35. The van der Waals surface area contributed by atoms with E-state index in [0.717, 1.165) is 51.4 Å². The monoisotopic (exact) mass is 288 g/mol. The first kappa shape index (κ1) is 14.6. The van der Waals surface area contributed by atoms with Crippen molar-refractivity contribution in [2.45, 2.75) is 82.6 Å². The zero-order chi connectivity index (χ0) is 14.9. The lowest BCUT2D eigenvalue weighted by atomic mass is 9.74. The first-order valence-corrected chi connectivity index (χ1v) is 8.38. The van der Waals surface area contributed by atoms with Crippen molar-refractivity contribution in [3.05, 3.63) is 0 Å². The first-order chi connectivity index (χ1) is 10.1. The van der Waals surface area contributed by atoms with Crippen LogP contribution in [0, 0.1) is 16.7 Å². The van der Waals surface area contributed by atoms with Crippen LogP contribution in [0.2, 0.25) is 0 Å². The molecule has 1 heterocycles. The van der Waals surface area contributed by atoms with Crippen LogP contribution in [0.4, 0.5) is 0 Å². The summed E-state index contributed by atoms with van der Waals surface area (Å²) in [5.41, 5.74) is -0.934. The Kier molecular flexibility index (Phi) is 3.77. The highest BCUT2D eigenvalue weighted by Crippen LogP contribution is 2.49. The van der Waals surface area contributed by atoms with Gasteiger partial charge in [-0.2, -0.15) is 5.26 Å². The summed E-state index contributed by atoms with van der Waals surface area (Å²) in [6.45, 7) is 0. The molecule has 3 fully saturated rings. The van der Waals surface area contributed by atoms with E-state index in [9.17, 15) is 14.9 Å². The molecule has 0 N–H and O–H groups in total. The van der Waals surface area contributed by atoms with Gasteiger partial charge in [0.2, 0.25) is 11.8 Å². The van der Waals surface area contributed by atoms with Gasteiger partial charge in [-0.1, -0.05) is 38.5 Å². The third-order valence-electron chi connectivity index (χ3n) is 5.78. The van der Waals surface area contributed by atoms with Gasteiger partial charge in [-0.3, -0.25) is 14.5 Å². The van der Waals surface area contributed by atoms with E-state index in [-0.39, 0.29) is 17.2 Å². The molecule has 4 nitrogen and oxygen atoms in total. The zero-order valence-corrected chi connectivity index (χ0v) is 12.7. The molecule has 0 unspecified atom stereocenters. The van der Waals surface area contributed by atoms with Crippen LogP contribution in [0.25, 0.3) is 0 Å². The minimum Gasteiger partial charge on any atom is -0.274 e. The van der Waals surface area contributed by atoms with Gasteiger partial charge < -0.3 is 0 Å². The maximum absolute atomic E-state index is 12.7. The average molecular weight is 288 g/mol. The van der Waals surface area contributed by atoms with Crippen molar-refractivity contribution in [3.63, 3.8) is 0 Å². The number of amides is 2. The molecule has 2 amide bonds. The predicted octanol–water partition coefficient (Wildman–Crippen LogP) is 3.31. The van der Waals surface area contributed by atoms with Crippen molar-refractivity contribution >= 4 is 11.8 Å². The number of rotatable bonds is 1. The molecule has 0 aromatic heterocycles. The molecule has 0 bridgehead atoms. The highest BCUT2D eigenvalue weighted by atomic mass is 16.2.